The Hall–Kier alpha value is -1.30. The first-order chi connectivity index (χ1) is 8.91. The first kappa shape index (κ1) is 16.7. The summed E-state index contributed by atoms with van der Waals surface area (Å²) in [6, 6.07) is 0. The number of unbranched alkanes of at least 4 members (excludes halogenated alkanes) is 6. The fourth-order valence-electron chi connectivity index (χ4n) is 1.67. The van der Waals surface area contributed by atoms with E-state index in [1.165, 1.54) is 51.4 Å². The summed E-state index contributed by atoms with van der Waals surface area (Å²) in [5.41, 5.74) is 0. The van der Waals surface area contributed by atoms with Gasteiger partial charge in [0.25, 0.3) is 0 Å². The molecule has 0 aromatic heterocycles. The van der Waals surface area contributed by atoms with Gasteiger partial charge in [-0.15, -0.1) is 0 Å². The molecule has 0 unspecified atom stereocenters. The Morgan fingerprint density at radius 1 is 0.500 bits per heavy atom. The highest BCUT2D eigenvalue weighted by molar-refractivity contribution is 4.97. The zero-order valence-electron chi connectivity index (χ0n) is 11.7. The summed E-state index contributed by atoms with van der Waals surface area (Å²) in [6.45, 7) is 7.31. The van der Waals surface area contributed by atoms with Crippen molar-refractivity contribution in [2.24, 2.45) is 0 Å². The van der Waals surface area contributed by atoms with E-state index in [2.05, 4.69) is 37.5 Å². The molecule has 0 N–H and O–H groups in total. The van der Waals surface area contributed by atoms with Crippen molar-refractivity contribution in [1.82, 2.24) is 0 Å². The monoisotopic (exact) mass is 244 g/mol. The minimum absolute atomic E-state index is 1.18. The van der Waals surface area contributed by atoms with E-state index in [9.17, 15) is 0 Å². The van der Waals surface area contributed by atoms with Crippen molar-refractivity contribution in [1.29, 1.82) is 0 Å². The first-order valence-electron chi connectivity index (χ1n) is 7.12. The minimum Gasteiger partial charge on any atom is -0.0991 e. The quantitative estimate of drug-likeness (QED) is 0.219. The van der Waals surface area contributed by atoms with Crippen molar-refractivity contribution in [2.75, 3.05) is 0 Å². The van der Waals surface area contributed by atoms with Gasteiger partial charge in [-0.05, 0) is 51.4 Å². The molecule has 0 fully saturated rings. The summed E-state index contributed by atoms with van der Waals surface area (Å²) in [5.74, 6) is 0. The lowest BCUT2D eigenvalue weighted by Gasteiger charge is -1.94. The molecule has 0 atom stereocenters. The predicted octanol–water partition coefficient (Wildman–Crippen LogP) is 6.15. The van der Waals surface area contributed by atoms with Crippen LogP contribution in [0.2, 0.25) is 0 Å². The van der Waals surface area contributed by atoms with Crippen molar-refractivity contribution in [3.63, 3.8) is 0 Å². The summed E-state index contributed by atoms with van der Waals surface area (Å²) in [5, 5.41) is 0. The van der Waals surface area contributed by atoms with E-state index in [1.807, 2.05) is 24.3 Å². The molecular weight excluding hydrogens is 216 g/mol. The second-order valence-electron chi connectivity index (χ2n) is 4.37. The zero-order valence-corrected chi connectivity index (χ0v) is 11.7. The van der Waals surface area contributed by atoms with E-state index in [-0.39, 0.29) is 0 Å². The number of rotatable bonds is 12. The molecule has 0 spiro atoms. The van der Waals surface area contributed by atoms with Gasteiger partial charge in [0, 0.05) is 0 Å². The van der Waals surface area contributed by atoms with Crippen LogP contribution in [-0.2, 0) is 0 Å². The Bertz CT molecular complexity index is 238. The van der Waals surface area contributed by atoms with Crippen LogP contribution < -0.4 is 0 Å². The van der Waals surface area contributed by atoms with Gasteiger partial charge < -0.3 is 0 Å². The van der Waals surface area contributed by atoms with Gasteiger partial charge in [-0.25, -0.2) is 0 Å². The van der Waals surface area contributed by atoms with Gasteiger partial charge >= 0.3 is 0 Å². The Kier molecular flexibility index (Phi) is 14.6. The van der Waals surface area contributed by atoms with E-state index in [0.717, 1.165) is 0 Å². The molecule has 0 amide bonds. The van der Waals surface area contributed by atoms with Gasteiger partial charge in [-0.3, -0.25) is 0 Å². The SMILES string of the molecule is C=CC=CCCCCC=CCCCCC=CC=C. The van der Waals surface area contributed by atoms with Crippen molar-refractivity contribution >= 4 is 0 Å². The Morgan fingerprint density at radius 3 is 1.17 bits per heavy atom. The van der Waals surface area contributed by atoms with E-state index in [4.69, 9.17) is 0 Å². The normalized spacial score (nSPS) is 11.8. The highest BCUT2D eigenvalue weighted by Gasteiger charge is 1.85. The summed E-state index contributed by atoms with van der Waals surface area (Å²) in [4.78, 5) is 0. The van der Waals surface area contributed by atoms with E-state index in [0.29, 0.717) is 0 Å². The molecule has 0 heteroatoms. The lowest BCUT2D eigenvalue weighted by molar-refractivity contribution is 0.745. The van der Waals surface area contributed by atoms with Gasteiger partial charge in [0.2, 0.25) is 0 Å². The lowest BCUT2D eigenvalue weighted by atomic mass is 10.1. The molecule has 0 aromatic carbocycles. The third-order valence-electron chi connectivity index (χ3n) is 2.69. The Morgan fingerprint density at radius 2 is 0.833 bits per heavy atom. The fraction of sp³-hybridized carbons (Fsp3) is 0.444. The molecule has 0 radical (unpaired) electrons. The Balaban J connectivity index is 3.18. The molecule has 0 aliphatic carbocycles. The molecule has 0 heterocycles. The van der Waals surface area contributed by atoms with Crippen LogP contribution in [0.5, 0.6) is 0 Å². The van der Waals surface area contributed by atoms with E-state index >= 15 is 0 Å². The molecule has 0 aromatic rings. The van der Waals surface area contributed by atoms with Gasteiger partial charge in [0.05, 0.1) is 0 Å². The maximum absolute atomic E-state index is 3.65. The lowest BCUT2D eigenvalue weighted by Crippen LogP contribution is -1.74. The molecule has 18 heavy (non-hydrogen) atoms. The van der Waals surface area contributed by atoms with Crippen LogP contribution in [0.25, 0.3) is 0 Å². The molecule has 0 saturated carbocycles. The third kappa shape index (κ3) is 14.7. The summed E-state index contributed by atoms with van der Waals surface area (Å²) < 4.78 is 0. The zero-order chi connectivity index (χ0) is 13.3. The van der Waals surface area contributed by atoms with Crippen LogP contribution in [-0.4, -0.2) is 0 Å². The topological polar surface area (TPSA) is 0 Å². The van der Waals surface area contributed by atoms with Gasteiger partial charge in [0.1, 0.15) is 0 Å². The summed E-state index contributed by atoms with van der Waals surface area (Å²) in [6.07, 6.45) is 26.7. The molecular formula is C18H28. The minimum atomic E-state index is 1.18. The summed E-state index contributed by atoms with van der Waals surface area (Å²) in [7, 11) is 0. The van der Waals surface area contributed by atoms with Crippen molar-refractivity contribution in [3.05, 3.63) is 61.8 Å². The van der Waals surface area contributed by atoms with Crippen molar-refractivity contribution < 1.29 is 0 Å². The Labute approximate surface area is 113 Å². The number of hydrogen-bond acceptors (Lipinski definition) is 0. The molecule has 0 rings (SSSR count). The van der Waals surface area contributed by atoms with Crippen LogP contribution in [0, 0.1) is 0 Å². The van der Waals surface area contributed by atoms with Crippen LogP contribution in [0.1, 0.15) is 51.4 Å². The third-order valence-corrected chi connectivity index (χ3v) is 2.69. The fourth-order valence-corrected chi connectivity index (χ4v) is 1.67. The highest BCUT2D eigenvalue weighted by atomic mass is 13.9. The molecule has 0 nitrogen and oxygen atoms in total. The average Bonchev–Trinajstić information content (AvgIpc) is 2.39. The smallest absolute Gasteiger partial charge is 0.0348 e. The van der Waals surface area contributed by atoms with E-state index in [1.54, 1.807) is 0 Å². The highest BCUT2D eigenvalue weighted by Crippen LogP contribution is 2.05. The van der Waals surface area contributed by atoms with Gasteiger partial charge in [-0.1, -0.05) is 61.8 Å². The number of hydrogen-bond donors (Lipinski definition) is 0. The predicted molar refractivity (Wildman–Crippen MR) is 84.8 cm³/mol. The van der Waals surface area contributed by atoms with Crippen LogP contribution >= 0.6 is 0 Å². The first-order valence-corrected chi connectivity index (χ1v) is 7.12. The van der Waals surface area contributed by atoms with E-state index < -0.39 is 0 Å². The average molecular weight is 244 g/mol. The standard InChI is InChI=1S/C18H28/c1-3-5-7-9-11-13-15-17-18-16-14-12-10-8-6-4-2/h3-8,17-18H,1-2,9-16H2. The molecule has 0 aliphatic heterocycles. The molecule has 0 bridgehead atoms. The molecule has 0 saturated heterocycles. The second kappa shape index (κ2) is 15.7. The van der Waals surface area contributed by atoms with Crippen molar-refractivity contribution in [3.8, 4) is 0 Å². The second-order valence-corrected chi connectivity index (χ2v) is 4.37. The van der Waals surface area contributed by atoms with Gasteiger partial charge in [0.15, 0.2) is 0 Å². The largest absolute Gasteiger partial charge is 0.0991 e. The van der Waals surface area contributed by atoms with Crippen LogP contribution in [0.3, 0.4) is 0 Å². The molecule has 0 aliphatic rings. The van der Waals surface area contributed by atoms with Crippen LogP contribution in [0.4, 0.5) is 0 Å². The maximum atomic E-state index is 3.65. The van der Waals surface area contributed by atoms with Crippen molar-refractivity contribution in [2.45, 2.75) is 51.4 Å². The summed E-state index contributed by atoms with van der Waals surface area (Å²) >= 11 is 0. The maximum Gasteiger partial charge on any atom is -0.0348 e. The molecule has 100 valence electrons. The van der Waals surface area contributed by atoms with Gasteiger partial charge in [-0.2, -0.15) is 0 Å². The number of allylic oxidation sites excluding steroid dienone is 8. The van der Waals surface area contributed by atoms with Crippen LogP contribution in [0.15, 0.2) is 61.8 Å².